The van der Waals surface area contributed by atoms with Crippen molar-refractivity contribution >= 4 is 23.4 Å². The van der Waals surface area contributed by atoms with E-state index in [0.717, 1.165) is 23.4 Å². The van der Waals surface area contributed by atoms with Gasteiger partial charge in [0.2, 0.25) is 11.2 Å². The standard InChI is InChI=1S/C27H28ClFN6O2/c1-5-27(3,4)22-15-23(35(34-22)20-9-6-17(2)7-10-20)32-26(36)31-16-18-14-19(29)8-11-21(18)37-24-12-13-30-25(28)33-24/h6-15H,5,16H2,1-4H3,(H2,31,32,36). The molecule has 37 heavy (non-hydrogen) atoms. The summed E-state index contributed by atoms with van der Waals surface area (Å²) in [4.78, 5) is 20.7. The summed E-state index contributed by atoms with van der Waals surface area (Å²) in [6.45, 7) is 8.32. The minimum Gasteiger partial charge on any atom is -0.439 e. The van der Waals surface area contributed by atoms with Gasteiger partial charge < -0.3 is 10.1 Å². The number of amides is 2. The lowest BCUT2D eigenvalue weighted by Crippen LogP contribution is -2.29. The molecule has 0 radical (unpaired) electrons. The number of nitrogens with one attached hydrogen (secondary N) is 2. The number of aromatic nitrogens is 4. The van der Waals surface area contributed by atoms with Gasteiger partial charge in [0.15, 0.2) is 0 Å². The first-order chi connectivity index (χ1) is 17.6. The zero-order valence-corrected chi connectivity index (χ0v) is 21.8. The molecule has 2 amide bonds. The Labute approximate surface area is 219 Å². The van der Waals surface area contributed by atoms with Crippen LogP contribution in [0.3, 0.4) is 0 Å². The second-order valence-electron chi connectivity index (χ2n) is 9.23. The lowest BCUT2D eigenvalue weighted by atomic mass is 9.87. The van der Waals surface area contributed by atoms with Gasteiger partial charge in [-0.25, -0.2) is 18.9 Å². The summed E-state index contributed by atoms with van der Waals surface area (Å²) in [6.07, 6.45) is 2.33. The van der Waals surface area contributed by atoms with Crippen molar-refractivity contribution in [2.45, 2.75) is 46.1 Å². The molecule has 0 spiro atoms. The van der Waals surface area contributed by atoms with E-state index in [9.17, 15) is 9.18 Å². The number of aryl methyl sites for hydroxylation is 1. The van der Waals surface area contributed by atoms with Gasteiger partial charge in [0, 0.05) is 35.9 Å². The summed E-state index contributed by atoms with van der Waals surface area (Å²) < 4.78 is 21.5. The van der Waals surface area contributed by atoms with Crippen molar-refractivity contribution in [1.82, 2.24) is 25.1 Å². The second kappa shape index (κ2) is 11.0. The smallest absolute Gasteiger partial charge is 0.320 e. The van der Waals surface area contributed by atoms with Crippen LogP contribution in [0.5, 0.6) is 11.6 Å². The number of ether oxygens (including phenoxy) is 1. The number of carbonyl (C=O) groups excluding carboxylic acids is 1. The number of benzene rings is 2. The number of anilines is 1. The van der Waals surface area contributed by atoms with Gasteiger partial charge in [-0.15, -0.1) is 0 Å². The monoisotopic (exact) mass is 522 g/mol. The van der Waals surface area contributed by atoms with Gasteiger partial charge in [-0.05, 0) is 55.3 Å². The van der Waals surface area contributed by atoms with Gasteiger partial charge in [-0.1, -0.05) is 38.5 Å². The van der Waals surface area contributed by atoms with Crippen LogP contribution in [0.1, 0.15) is 44.0 Å². The number of nitrogens with zero attached hydrogens (tertiary/aromatic N) is 4. The molecule has 2 aromatic heterocycles. The molecule has 0 saturated heterocycles. The van der Waals surface area contributed by atoms with Crippen LogP contribution in [0.2, 0.25) is 5.28 Å². The number of urea groups is 1. The van der Waals surface area contributed by atoms with Gasteiger partial charge in [0.25, 0.3) is 0 Å². The Bertz CT molecular complexity index is 1400. The zero-order chi connectivity index (χ0) is 26.6. The minimum absolute atomic E-state index is 0.00369. The molecule has 2 aromatic carbocycles. The van der Waals surface area contributed by atoms with Crippen LogP contribution in [0.4, 0.5) is 15.0 Å². The molecule has 0 saturated carbocycles. The third-order valence-electron chi connectivity index (χ3n) is 6.08. The van der Waals surface area contributed by atoms with Crippen LogP contribution in [-0.2, 0) is 12.0 Å². The molecule has 4 rings (SSSR count). The molecule has 8 nitrogen and oxygen atoms in total. The van der Waals surface area contributed by atoms with Crippen molar-refractivity contribution in [1.29, 1.82) is 0 Å². The summed E-state index contributed by atoms with van der Waals surface area (Å²) >= 11 is 5.82. The highest BCUT2D eigenvalue weighted by Gasteiger charge is 2.24. The third-order valence-corrected chi connectivity index (χ3v) is 6.27. The number of hydrogen-bond donors (Lipinski definition) is 2. The molecular weight excluding hydrogens is 495 g/mol. The maximum atomic E-state index is 14.0. The van der Waals surface area contributed by atoms with Crippen LogP contribution >= 0.6 is 11.6 Å². The Morgan fingerprint density at radius 1 is 1.14 bits per heavy atom. The van der Waals surface area contributed by atoms with Gasteiger partial charge >= 0.3 is 6.03 Å². The van der Waals surface area contributed by atoms with E-state index in [0.29, 0.717) is 17.1 Å². The van der Waals surface area contributed by atoms with E-state index in [1.807, 2.05) is 37.3 Å². The predicted molar refractivity (Wildman–Crippen MR) is 141 cm³/mol. The maximum Gasteiger partial charge on any atom is 0.320 e. The molecule has 0 aliphatic heterocycles. The molecule has 192 valence electrons. The van der Waals surface area contributed by atoms with Gasteiger partial charge in [0.1, 0.15) is 17.4 Å². The molecule has 0 unspecified atom stereocenters. The average Bonchev–Trinajstić information content (AvgIpc) is 3.29. The number of halogens is 2. The van der Waals surface area contributed by atoms with Crippen molar-refractivity contribution in [2.24, 2.45) is 0 Å². The average molecular weight is 523 g/mol. The summed E-state index contributed by atoms with van der Waals surface area (Å²) in [5.41, 5.74) is 3.04. The minimum atomic E-state index is -0.477. The van der Waals surface area contributed by atoms with E-state index in [-0.39, 0.29) is 23.1 Å². The number of rotatable bonds is 8. The quantitative estimate of drug-likeness (QED) is 0.255. The first-order valence-corrected chi connectivity index (χ1v) is 12.2. The maximum absolute atomic E-state index is 14.0. The Balaban J connectivity index is 1.53. The molecule has 4 aromatic rings. The molecule has 0 aliphatic rings. The Morgan fingerprint density at radius 3 is 2.59 bits per heavy atom. The van der Waals surface area contributed by atoms with Crippen molar-refractivity contribution in [3.8, 4) is 17.3 Å². The highest BCUT2D eigenvalue weighted by molar-refractivity contribution is 6.28. The fourth-order valence-electron chi connectivity index (χ4n) is 3.48. The van der Waals surface area contributed by atoms with Crippen LogP contribution in [-0.4, -0.2) is 25.8 Å². The lowest BCUT2D eigenvalue weighted by molar-refractivity contribution is 0.251. The van der Waals surface area contributed by atoms with E-state index in [4.69, 9.17) is 21.4 Å². The fourth-order valence-corrected chi connectivity index (χ4v) is 3.62. The number of hydrogen-bond acceptors (Lipinski definition) is 5. The highest BCUT2D eigenvalue weighted by atomic mass is 35.5. The van der Waals surface area contributed by atoms with E-state index in [1.165, 1.54) is 30.5 Å². The Hall–Kier alpha value is -3.98. The van der Waals surface area contributed by atoms with Gasteiger partial charge in [-0.2, -0.15) is 10.1 Å². The van der Waals surface area contributed by atoms with Crippen molar-refractivity contribution in [3.63, 3.8) is 0 Å². The highest BCUT2D eigenvalue weighted by Crippen LogP contribution is 2.30. The van der Waals surface area contributed by atoms with E-state index in [2.05, 4.69) is 41.4 Å². The van der Waals surface area contributed by atoms with Crippen LogP contribution in [0.25, 0.3) is 5.69 Å². The van der Waals surface area contributed by atoms with Crippen molar-refractivity contribution in [3.05, 3.63) is 88.7 Å². The van der Waals surface area contributed by atoms with Crippen LogP contribution in [0.15, 0.2) is 60.8 Å². The van der Waals surface area contributed by atoms with Crippen LogP contribution in [0, 0.1) is 12.7 Å². The topological polar surface area (TPSA) is 94.0 Å². The first kappa shape index (κ1) is 26.1. The summed E-state index contributed by atoms with van der Waals surface area (Å²) in [5.74, 6) is 0.580. The molecule has 2 heterocycles. The summed E-state index contributed by atoms with van der Waals surface area (Å²) in [5, 5.41) is 10.5. The molecule has 0 fully saturated rings. The SMILES string of the molecule is CCC(C)(C)c1cc(NC(=O)NCc2cc(F)ccc2Oc2ccnc(Cl)n2)n(-c2ccc(C)cc2)n1. The first-order valence-electron chi connectivity index (χ1n) is 11.8. The van der Waals surface area contributed by atoms with Gasteiger partial charge in [-0.3, -0.25) is 5.32 Å². The van der Waals surface area contributed by atoms with Crippen molar-refractivity contribution in [2.75, 3.05) is 5.32 Å². The molecule has 0 bridgehead atoms. The van der Waals surface area contributed by atoms with Gasteiger partial charge in [0.05, 0.1) is 11.4 Å². The molecular formula is C27H28ClFN6O2. The molecule has 10 heteroatoms. The summed E-state index contributed by atoms with van der Waals surface area (Å²) in [7, 11) is 0. The summed E-state index contributed by atoms with van der Waals surface area (Å²) in [6, 6.07) is 14.8. The lowest BCUT2D eigenvalue weighted by Gasteiger charge is -2.19. The second-order valence-corrected chi connectivity index (χ2v) is 9.56. The van der Waals surface area contributed by atoms with Crippen molar-refractivity contribution < 1.29 is 13.9 Å². The normalized spacial score (nSPS) is 11.3. The van der Waals surface area contributed by atoms with E-state index in [1.54, 1.807) is 4.68 Å². The Kier molecular flexibility index (Phi) is 7.73. The van der Waals surface area contributed by atoms with Crippen LogP contribution < -0.4 is 15.4 Å². The van der Waals surface area contributed by atoms with E-state index >= 15 is 0 Å². The number of carbonyl (C=O) groups is 1. The molecule has 0 aliphatic carbocycles. The fraction of sp³-hybridized carbons (Fsp3) is 0.259. The zero-order valence-electron chi connectivity index (χ0n) is 21.0. The largest absolute Gasteiger partial charge is 0.439 e. The molecule has 2 N–H and O–H groups in total. The Morgan fingerprint density at radius 2 is 1.89 bits per heavy atom. The predicted octanol–water partition coefficient (Wildman–Crippen LogP) is 6.56. The molecule has 0 atom stereocenters. The third kappa shape index (κ3) is 6.42. The van der Waals surface area contributed by atoms with E-state index < -0.39 is 11.8 Å².